The molecule has 0 N–H and O–H groups in total. The summed E-state index contributed by atoms with van der Waals surface area (Å²) in [6, 6.07) is 0. The van der Waals surface area contributed by atoms with Gasteiger partial charge in [0.15, 0.2) is 0 Å². The van der Waals surface area contributed by atoms with E-state index in [1.165, 1.54) is 6.42 Å². The number of ether oxygens (including phenoxy) is 1. The maximum atomic E-state index is 6.11. The van der Waals surface area contributed by atoms with E-state index < -0.39 is 8.07 Å². The summed E-state index contributed by atoms with van der Waals surface area (Å²) in [5.41, 5.74) is 0. The lowest BCUT2D eigenvalue weighted by Crippen LogP contribution is -2.46. The highest BCUT2D eigenvalue weighted by atomic mass is 28.3. The van der Waals surface area contributed by atoms with Crippen molar-refractivity contribution >= 4 is 8.07 Å². The second-order valence-electron chi connectivity index (χ2n) is 5.86. The van der Waals surface area contributed by atoms with Crippen molar-refractivity contribution in [3.8, 4) is 0 Å². The molecule has 1 nitrogen and oxygen atoms in total. The van der Waals surface area contributed by atoms with Crippen molar-refractivity contribution in [1.82, 2.24) is 0 Å². The van der Waals surface area contributed by atoms with Crippen molar-refractivity contribution in [2.45, 2.75) is 37.4 Å². The van der Waals surface area contributed by atoms with Crippen LogP contribution in [0.4, 0.5) is 0 Å². The van der Waals surface area contributed by atoms with Gasteiger partial charge in [0.2, 0.25) is 0 Å². The van der Waals surface area contributed by atoms with Crippen LogP contribution in [0.5, 0.6) is 0 Å². The molecule has 1 saturated carbocycles. The topological polar surface area (TPSA) is 12.5 Å². The molecule has 3 aliphatic rings. The van der Waals surface area contributed by atoms with Crippen molar-refractivity contribution < 1.29 is 4.74 Å². The van der Waals surface area contributed by atoms with Gasteiger partial charge >= 0.3 is 0 Å². The second kappa shape index (κ2) is 2.42. The predicted molar refractivity (Wildman–Crippen MR) is 60.8 cm³/mol. The summed E-state index contributed by atoms with van der Waals surface area (Å²) in [5.74, 6) is 1.39. The van der Waals surface area contributed by atoms with Crippen molar-refractivity contribution in [1.29, 1.82) is 0 Å². The lowest BCUT2D eigenvalue weighted by atomic mass is 10.0. The Morgan fingerprint density at radius 1 is 1.21 bits per heavy atom. The minimum Gasteiger partial charge on any atom is -0.369 e. The van der Waals surface area contributed by atoms with Crippen LogP contribution < -0.4 is 0 Å². The van der Waals surface area contributed by atoms with Crippen LogP contribution in [0.1, 0.15) is 6.42 Å². The summed E-state index contributed by atoms with van der Waals surface area (Å²) in [5, 5.41) is 0.291. The molecule has 2 bridgehead atoms. The number of hydrogen-bond acceptors (Lipinski definition) is 1. The van der Waals surface area contributed by atoms with Gasteiger partial charge in [0.1, 0.15) is 0 Å². The number of allylic oxidation sites excluding steroid dienone is 2. The summed E-state index contributed by atoms with van der Waals surface area (Å²) in [7, 11) is -1.19. The molecule has 1 heterocycles. The fourth-order valence-electron chi connectivity index (χ4n) is 3.44. The van der Waals surface area contributed by atoms with Crippen LogP contribution in [-0.4, -0.2) is 19.4 Å². The first-order valence-corrected chi connectivity index (χ1v) is 9.08. The van der Waals surface area contributed by atoms with Gasteiger partial charge in [0.05, 0.1) is 19.4 Å². The number of fused-ring (bicyclic) bond motifs is 5. The van der Waals surface area contributed by atoms with E-state index in [9.17, 15) is 0 Å². The van der Waals surface area contributed by atoms with Gasteiger partial charge in [0.25, 0.3) is 0 Å². The Balaban J connectivity index is 2.01. The van der Waals surface area contributed by atoms with Gasteiger partial charge < -0.3 is 4.74 Å². The number of epoxide rings is 1. The summed E-state index contributed by atoms with van der Waals surface area (Å²) < 4.78 is 6.11. The Morgan fingerprint density at radius 3 is 2.64 bits per heavy atom. The Morgan fingerprint density at radius 2 is 1.93 bits per heavy atom. The molecule has 0 radical (unpaired) electrons. The molecule has 4 atom stereocenters. The highest BCUT2D eigenvalue weighted by Crippen LogP contribution is 2.62. The van der Waals surface area contributed by atoms with E-state index in [2.05, 4.69) is 43.9 Å². The molecule has 0 aromatic carbocycles. The first kappa shape index (κ1) is 8.92. The SMILES string of the molecule is C[Si](C)(C)[C@@]12O[C@@H]1[C@H]1C=CC=C[C@@H]2C1. The smallest absolute Gasteiger partial charge is 0.0907 e. The maximum absolute atomic E-state index is 6.11. The summed E-state index contributed by atoms with van der Waals surface area (Å²) >= 11 is 0. The summed E-state index contributed by atoms with van der Waals surface area (Å²) in [4.78, 5) is 0. The normalized spacial score (nSPS) is 48.9. The molecule has 2 aliphatic carbocycles. The lowest BCUT2D eigenvalue weighted by Gasteiger charge is -2.29. The molecule has 3 rings (SSSR count). The number of hydrogen-bond donors (Lipinski definition) is 0. The third-order valence-corrected chi connectivity index (χ3v) is 7.26. The van der Waals surface area contributed by atoms with Gasteiger partial charge in [0, 0.05) is 11.8 Å². The van der Waals surface area contributed by atoms with Crippen LogP contribution in [0, 0.1) is 11.8 Å². The standard InChI is InChI=1S/C12H18OSi/c1-14(2,3)12-10-7-5-4-6-9(8-10)11(12)13-12/h4-7,9-11H,8H2,1-3H3/t9-,10+,11+,12+/m0/s1. The molecule has 2 heteroatoms. The maximum Gasteiger partial charge on any atom is 0.0907 e. The van der Waals surface area contributed by atoms with E-state index in [1.807, 2.05) is 0 Å². The highest BCUT2D eigenvalue weighted by molar-refractivity contribution is 6.80. The Kier molecular flexibility index (Phi) is 1.54. The van der Waals surface area contributed by atoms with Crippen molar-refractivity contribution in [3.05, 3.63) is 24.3 Å². The third kappa shape index (κ3) is 0.886. The van der Waals surface area contributed by atoms with E-state index in [-0.39, 0.29) is 0 Å². The van der Waals surface area contributed by atoms with Gasteiger partial charge in [-0.15, -0.1) is 0 Å². The first-order chi connectivity index (χ1) is 6.56. The molecule has 76 valence electrons. The second-order valence-corrected chi connectivity index (χ2v) is 11.1. The molecular weight excluding hydrogens is 188 g/mol. The Labute approximate surface area is 86.9 Å². The fraction of sp³-hybridized carbons (Fsp3) is 0.667. The van der Waals surface area contributed by atoms with Crippen molar-refractivity contribution in [2.24, 2.45) is 11.8 Å². The minimum absolute atomic E-state index is 0.291. The summed E-state index contributed by atoms with van der Waals surface area (Å²) in [6.07, 6.45) is 11.0. The van der Waals surface area contributed by atoms with Gasteiger partial charge in [-0.25, -0.2) is 0 Å². The molecular formula is C12H18OSi. The zero-order chi connectivity index (χ0) is 9.97. The molecule has 1 saturated heterocycles. The Hall–Kier alpha value is -0.343. The van der Waals surface area contributed by atoms with Gasteiger partial charge in [-0.2, -0.15) is 0 Å². The quantitative estimate of drug-likeness (QED) is 0.475. The van der Waals surface area contributed by atoms with Crippen LogP contribution in [-0.2, 0) is 4.74 Å². The van der Waals surface area contributed by atoms with Crippen LogP contribution in [0.25, 0.3) is 0 Å². The largest absolute Gasteiger partial charge is 0.369 e. The van der Waals surface area contributed by atoms with Crippen LogP contribution >= 0.6 is 0 Å². The number of rotatable bonds is 1. The monoisotopic (exact) mass is 206 g/mol. The predicted octanol–water partition coefficient (Wildman–Crippen LogP) is 2.76. The molecule has 0 aromatic heterocycles. The van der Waals surface area contributed by atoms with E-state index >= 15 is 0 Å². The summed E-state index contributed by atoms with van der Waals surface area (Å²) in [6.45, 7) is 7.34. The van der Waals surface area contributed by atoms with Crippen LogP contribution in [0.3, 0.4) is 0 Å². The van der Waals surface area contributed by atoms with Crippen LogP contribution in [0.15, 0.2) is 24.3 Å². The average Bonchev–Trinajstić information content (AvgIpc) is 2.72. The van der Waals surface area contributed by atoms with Gasteiger partial charge in [-0.05, 0) is 6.42 Å². The molecule has 0 aromatic rings. The molecule has 14 heavy (non-hydrogen) atoms. The molecule has 1 aliphatic heterocycles. The molecule has 0 unspecified atom stereocenters. The first-order valence-electron chi connectivity index (χ1n) is 5.58. The van der Waals surface area contributed by atoms with E-state index in [4.69, 9.17) is 4.74 Å². The highest BCUT2D eigenvalue weighted by Gasteiger charge is 2.73. The van der Waals surface area contributed by atoms with Crippen molar-refractivity contribution in [2.75, 3.05) is 0 Å². The van der Waals surface area contributed by atoms with Gasteiger partial charge in [-0.3, -0.25) is 0 Å². The minimum atomic E-state index is -1.19. The lowest BCUT2D eigenvalue weighted by molar-refractivity contribution is 0.238. The molecule has 2 fully saturated rings. The zero-order valence-electron chi connectivity index (χ0n) is 9.16. The van der Waals surface area contributed by atoms with E-state index in [1.54, 1.807) is 0 Å². The Bertz CT molecular complexity index is 326. The average molecular weight is 206 g/mol. The van der Waals surface area contributed by atoms with Gasteiger partial charge in [-0.1, -0.05) is 43.9 Å². The van der Waals surface area contributed by atoms with E-state index in [0.717, 1.165) is 0 Å². The molecule has 0 amide bonds. The zero-order valence-corrected chi connectivity index (χ0v) is 10.2. The molecule has 0 spiro atoms. The van der Waals surface area contributed by atoms with E-state index in [0.29, 0.717) is 23.2 Å². The van der Waals surface area contributed by atoms with Crippen LogP contribution in [0.2, 0.25) is 19.6 Å². The fourth-order valence-corrected chi connectivity index (χ4v) is 6.31. The van der Waals surface area contributed by atoms with Crippen molar-refractivity contribution in [3.63, 3.8) is 0 Å². The third-order valence-electron chi connectivity index (χ3n) is 4.14.